The Kier molecular flexibility index (Phi) is 6.62. The molecule has 0 aliphatic carbocycles. The number of benzene rings is 1. The fourth-order valence-electron chi connectivity index (χ4n) is 3.71. The third kappa shape index (κ3) is 3.63. The molecule has 0 spiro atoms. The van der Waals surface area contributed by atoms with Crippen molar-refractivity contribution in [1.82, 2.24) is 4.90 Å². The number of fused-ring (bicyclic) bond motifs is 3. The first-order valence-electron chi connectivity index (χ1n) is 9.65. The Morgan fingerprint density at radius 3 is 2.56 bits per heavy atom. The van der Waals surface area contributed by atoms with Gasteiger partial charge in [-0.3, -0.25) is 4.90 Å². The molecule has 3 heterocycles. The normalized spacial score (nSPS) is 24.0. The third-order valence-electron chi connectivity index (χ3n) is 4.98. The van der Waals surface area contributed by atoms with Crippen molar-refractivity contribution in [3.63, 3.8) is 0 Å². The average molecular weight is 494 g/mol. The highest BCUT2D eigenvalue weighted by Gasteiger charge is 2.61. The number of rotatable bonds is 5. The molecule has 1 aromatic rings. The standard InChI is InChI=1S/C22H20ClNO6S2/c1-4-31-20-17-22(13-7-9-14(23)10-8-13,30-21-24(17)11-5-6-12-29-21)15(18(25)27-2)16(32-20)19(26)28-3/h5-12,21H,4H2,1-3H3/t21-,22+/m1/s1. The van der Waals surface area contributed by atoms with E-state index in [-0.39, 0.29) is 10.5 Å². The summed E-state index contributed by atoms with van der Waals surface area (Å²) in [5.41, 5.74) is -0.190. The minimum absolute atomic E-state index is 0.0312. The Balaban J connectivity index is 2.08. The molecular weight excluding hydrogens is 474 g/mol. The third-order valence-corrected chi connectivity index (χ3v) is 7.53. The van der Waals surface area contributed by atoms with Crippen molar-refractivity contribution < 1.29 is 28.5 Å². The number of thioether (sulfide) groups is 2. The summed E-state index contributed by atoms with van der Waals surface area (Å²) < 4.78 is 23.2. The summed E-state index contributed by atoms with van der Waals surface area (Å²) in [6.07, 6.45) is 6.00. The van der Waals surface area contributed by atoms with Crippen molar-refractivity contribution in [2.45, 2.75) is 18.9 Å². The van der Waals surface area contributed by atoms with E-state index in [0.717, 1.165) is 9.99 Å². The van der Waals surface area contributed by atoms with E-state index in [1.165, 1.54) is 44.0 Å². The van der Waals surface area contributed by atoms with Crippen molar-refractivity contribution in [1.29, 1.82) is 0 Å². The zero-order valence-corrected chi connectivity index (χ0v) is 19.9. The van der Waals surface area contributed by atoms with E-state index >= 15 is 0 Å². The quantitative estimate of drug-likeness (QED) is 0.552. The number of halogens is 1. The first-order chi connectivity index (χ1) is 15.5. The van der Waals surface area contributed by atoms with Gasteiger partial charge in [0.15, 0.2) is 5.60 Å². The van der Waals surface area contributed by atoms with Gasteiger partial charge >= 0.3 is 11.9 Å². The fourth-order valence-corrected chi connectivity index (χ4v) is 6.35. The van der Waals surface area contributed by atoms with Crippen LogP contribution in [0.1, 0.15) is 12.5 Å². The molecule has 1 aromatic carbocycles. The lowest BCUT2D eigenvalue weighted by molar-refractivity contribution is -0.170. The zero-order valence-electron chi connectivity index (χ0n) is 17.5. The van der Waals surface area contributed by atoms with E-state index < -0.39 is 24.0 Å². The van der Waals surface area contributed by atoms with E-state index in [2.05, 4.69) is 0 Å². The predicted molar refractivity (Wildman–Crippen MR) is 123 cm³/mol. The molecule has 0 saturated carbocycles. The van der Waals surface area contributed by atoms with Crippen LogP contribution in [0.4, 0.5) is 0 Å². The van der Waals surface area contributed by atoms with Crippen LogP contribution in [0.2, 0.25) is 5.02 Å². The summed E-state index contributed by atoms with van der Waals surface area (Å²) in [7, 11) is 2.53. The van der Waals surface area contributed by atoms with E-state index in [9.17, 15) is 9.59 Å². The monoisotopic (exact) mass is 493 g/mol. The van der Waals surface area contributed by atoms with Gasteiger partial charge in [0, 0.05) is 11.2 Å². The maximum atomic E-state index is 13.2. The van der Waals surface area contributed by atoms with Crippen molar-refractivity contribution >= 4 is 47.1 Å². The number of carbonyl (C=O) groups is 2. The topological polar surface area (TPSA) is 74.3 Å². The first kappa shape index (κ1) is 22.8. The molecule has 0 unspecified atom stereocenters. The molecule has 0 amide bonds. The van der Waals surface area contributed by atoms with Crippen LogP contribution in [-0.4, -0.2) is 43.2 Å². The Morgan fingerprint density at radius 2 is 1.91 bits per heavy atom. The van der Waals surface area contributed by atoms with E-state index in [1.54, 1.807) is 30.3 Å². The molecule has 10 heteroatoms. The van der Waals surface area contributed by atoms with Gasteiger partial charge in [0.05, 0.1) is 30.4 Å². The van der Waals surface area contributed by atoms with Crippen LogP contribution in [0.15, 0.2) is 69.3 Å². The molecule has 0 bridgehead atoms. The van der Waals surface area contributed by atoms with Crippen molar-refractivity contribution in [2.75, 3.05) is 20.0 Å². The number of hydrogen-bond donors (Lipinski definition) is 0. The zero-order chi connectivity index (χ0) is 22.9. The average Bonchev–Trinajstić information content (AvgIpc) is 2.96. The van der Waals surface area contributed by atoms with Crippen molar-refractivity contribution in [3.05, 3.63) is 79.9 Å². The van der Waals surface area contributed by atoms with Gasteiger partial charge in [-0.1, -0.05) is 42.4 Å². The summed E-state index contributed by atoms with van der Waals surface area (Å²) in [6, 6.07) is 6.92. The molecular formula is C22H20ClNO6S2. The van der Waals surface area contributed by atoms with Gasteiger partial charge < -0.3 is 18.9 Å². The predicted octanol–water partition coefficient (Wildman–Crippen LogP) is 4.48. The van der Waals surface area contributed by atoms with Gasteiger partial charge in [-0.15, -0.1) is 11.8 Å². The van der Waals surface area contributed by atoms with Gasteiger partial charge in [-0.2, -0.15) is 0 Å². The molecule has 1 fully saturated rings. The summed E-state index contributed by atoms with van der Waals surface area (Å²) >= 11 is 8.84. The SMILES string of the molecule is CCSC1=C2N3C=CC=CO[C@@H]3O[C@@]2(c2ccc(Cl)cc2)C(C(=O)OC)=C(C(=O)OC)S1. The summed E-state index contributed by atoms with van der Waals surface area (Å²) in [4.78, 5) is 28.0. The van der Waals surface area contributed by atoms with Crippen molar-refractivity contribution in [3.8, 4) is 0 Å². The number of esters is 2. The Hall–Kier alpha value is -2.33. The molecule has 0 N–H and O–H groups in total. The van der Waals surface area contributed by atoms with Gasteiger partial charge in [0.1, 0.15) is 10.5 Å². The first-order valence-corrected chi connectivity index (χ1v) is 11.8. The maximum Gasteiger partial charge on any atom is 0.345 e. The number of nitrogens with zero attached hydrogens (tertiary/aromatic N) is 1. The summed E-state index contributed by atoms with van der Waals surface area (Å²) in [5, 5.41) is 0.521. The van der Waals surface area contributed by atoms with Crippen LogP contribution < -0.4 is 0 Å². The van der Waals surface area contributed by atoms with Gasteiger partial charge in [-0.25, -0.2) is 9.59 Å². The number of carbonyl (C=O) groups excluding carboxylic acids is 2. The summed E-state index contributed by atoms with van der Waals surface area (Å²) in [6.45, 7) is 2.00. The lowest BCUT2D eigenvalue weighted by Gasteiger charge is -2.36. The van der Waals surface area contributed by atoms with Crippen molar-refractivity contribution in [2.24, 2.45) is 0 Å². The van der Waals surface area contributed by atoms with Gasteiger partial charge in [0.25, 0.3) is 6.41 Å². The van der Waals surface area contributed by atoms with E-state index in [1.807, 2.05) is 24.1 Å². The number of allylic oxidation sites excluding steroid dienone is 2. The molecule has 7 nitrogen and oxygen atoms in total. The lowest BCUT2D eigenvalue weighted by atomic mass is 9.82. The molecule has 3 aliphatic rings. The fraction of sp³-hybridized carbons (Fsp3) is 0.273. The number of hydrogen-bond acceptors (Lipinski definition) is 9. The van der Waals surface area contributed by atoms with Crippen LogP contribution in [-0.2, 0) is 34.1 Å². The molecule has 4 rings (SSSR count). The maximum absolute atomic E-state index is 13.2. The van der Waals surface area contributed by atoms with E-state index in [4.69, 9.17) is 30.5 Å². The van der Waals surface area contributed by atoms with Gasteiger partial charge in [0.2, 0.25) is 0 Å². The molecule has 32 heavy (non-hydrogen) atoms. The highest BCUT2D eigenvalue weighted by Crippen LogP contribution is 2.60. The Bertz CT molecular complexity index is 1060. The second-order valence-corrected chi connectivity index (χ2v) is 9.67. The molecule has 168 valence electrons. The largest absolute Gasteiger partial charge is 0.466 e. The van der Waals surface area contributed by atoms with Gasteiger partial charge in [-0.05, 0) is 35.6 Å². The highest BCUT2D eigenvalue weighted by atomic mass is 35.5. The minimum Gasteiger partial charge on any atom is -0.466 e. The number of ether oxygens (including phenoxy) is 4. The highest BCUT2D eigenvalue weighted by molar-refractivity contribution is 8.24. The molecule has 0 aromatic heterocycles. The van der Waals surface area contributed by atoms with Crippen LogP contribution >= 0.6 is 35.1 Å². The Morgan fingerprint density at radius 1 is 1.19 bits per heavy atom. The molecule has 2 atom stereocenters. The smallest absolute Gasteiger partial charge is 0.345 e. The van der Waals surface area contributed by atoms with Crippen LogP contribution in [0, 0.1) is 0 Å². The number of methoxy groups -OCH3 is 2. The van der Waals surface area contributed by atoms with Crippen LogP contribution in [0.25, 0.3) is 0 Å². The second-order valence-electron chi connectivity index (χ2n) is 6.68. The van der Waals surface area contributed by atoms with Crippen LogP contribution in [0.5, 0.6) is 0 Å². The second kappa shape index (κ2) is 9.27. The minimum atomic E-state index is -1.48. The molecule has 3 aliphatic heterocycles. The molecule has 0 radical (unpaired) electrons. The Labute approximate surface area is 199 Å². The van der Waals surface area contributed by atoms with E-state index in [0.29, 0.717) is 16.3 Å². The lowest BCUT2D eigenvalue weighted by Crippen LogP contribution is -2.39. The van der Waals surface area contributed by atoms with Crippen LogP contribution in [0.3, 0.4) is 0 Å². The molecule has 1 saturated heterocycles. The summed E-state index contributed by atoms with van der Waals surface area (Å²) in [5.74, 6) is -0.631.